The van der Waals surface area contributed by atoms with Gasteiger partial charge in [-0.3, -0.25) is 9.59 Å². The second-order valence-electron chi connectivity index (χ2n) is 3.62. The van der Waals surface area contributed by atoms with E-state index in [-0.39, 0.29) is 5.91 Å². The summed E-state index contributed by atoms with van der Waals surface area (Å²) < 4.78 is 1.65. The molecule has 4 nitrogen and oxygen atoms in total. The monoisotopic (exact) mass is 383 g/mol. The molecule has 0 aromatic carbocycles. The molecule has 0 fully saturated rings. The zero-order chi connectivity index (χ0) is 13.2. The van der Waals surface area contributed by atoms with Gasteiger partial charge in [0.05, 0.1) is 14.6 Å². The number of nitrogens with one attached hydrogen (secondary N) is 1. The molecule has 1 heterocycles. The minimum Gasteiger partial charge on any atom is -0.481 e. The number of rotatable bonds is 4. The van der Waals surface area contributed by atoms with Crippen LogP contribution in [0, 0.1) is 5.92 Å². The van der Waals surface area contributed by atoms with E-state index in [0.717, 1.165) is 8.26 Å². The van der Waals surface area contributed by atoms with Crippen LogP contribution in [0.15, 0.2) is 14.3 Å². The van der Waals surface area contributed by atoms with Crippen LogP contribution in [0.5, 0.6) is 0 Å². The van der Waals surface area contributed by atoms with Crippen LogP contribution in [0.4, 0.5) is 0 Å². The van der Waals surface area contributed by atoms with Crippen LogP contribution >= 0.6 is 43.2 Å². The van der Waals surface area contributed by atoms with Crippen LogP contribution in [-0.4, -0.2) is 23.0 Å². The smallest absolute Gasteiger partial charge is 0.308 e. The second kappa shape index (κ2) is 5.97. The molecule has 2 N–H and O–H groups in total. The Morgan fingerprint density at radius 3 is 2.41 bits per heavy atom. The molecule has 0 saturated heterocycles. The van der Waals surface area contributed by atoms with Crippen LogP contribution in [0.25, 0.3) is 0 Å². The van der Waals surface area contributed by atoms with Gasteiger partial charge >= 0.3 is 5.97 Å². The van der Waals surface area contributed by atoms with Crippen molar-refractivity contribution in [2.75, 3.05) is 0 Å². The summed E-state index contributed by atoms with van der Waals surface area (Å²) in [6.45, 7) is 3.24. The van der Waals surface area contributed by atoms with Gasteiger partial charge in [0.25, 0.3) is 5.91 Å². The predicted molar refractivity (Wildman–Crippen MR) is 73.4 cm³/mol. The summed E-state index contributed by atoms with van der Waals surface area (Å²) in [5.74, 6) is -1.81. The third kappa shape index (κ3) is 3.79. The first kappa shape index (κ1) is 14.7. The fourth-order valence-corrected chi connectivity index (χ4v) is 3.01. The average Bonchev–Trinajstić information content (AvgIpc) is 2.58. The molecule has 17 heavy (non-hydrogen) atoms. The standard InChI is InChI=1S/C10H11Br2NO3S/c1-4(10(15)16)5(2)13-9(14)7-3-6(11)8(12)17-7/h3-5H,1-2H3,(H,13,14)(H,15,16). The highest BCUT2D eigenvalue weighted by atomic mass is 79.9. The van der Waals surface area contributed by atoms with Gasteiger partial charge in [0.2, 0.25) is 0 Å². The van der Waals surface area contributed by atoms with Crippen LogP contribution in [-0.2, 0) is 4.79 Å². The molecule has 2 atom stereocenters. The lowest BCUT2D eigenvalue weighted by molar-refractivity contribution is -0.141. The number of carboxylic acid groups (broad SMARTS) is 1. The molecule has 0 aliphatic rings. The Bertz CT molecular complexity index is 427. The first-order valence-corrected chi connectivity index (χ1v) is 7.21. The number of amides is 1. The Morgan fingerprint density at radius 2 is 2.00 bits per heavy atom. The quantitative estimate of drug-likeness (QED) is 0.837. The van der Waals surface area contributed by atoms with Gasteiger partial charge in [-0.15, -0.1) is 11.3 Å². The highest BCUT2D eigenvalue weighted by molar-refractivity contribution is 9.13. The van der Waals surface area contributed by atoms with E-state index in [9.17, 15) is 9.59 Å². The van der Waals surface area contributed by atoms with Gasteiger partial charge in [-0.25, -0.2) is 0 Å². The number of halogens is 2. The minimum atomic E-state index is -0.925. The molecule has 7 heteroatoms. The van der Waals surface area contributed by atoms with Crippen LogP contribution in [0.3, 0.4) is 0 Å². The van der Waals surface area contributed by atoms with E-state index >= 15 is 0 Å². The molecule has 0 saturated carbocycles. The summed E-state index contributed by atoms with van der Waals surface area (Å²) in [4.78, 5) is 23.1. The number of carbonyl (C=O) groups excluding carboxylic acids is 1. The second-order valence-corrected chi connectivity index (χ2v) is 6.85. The highest BCUT2D eigenvalue weighted by Gasteiger charge is 2.22. The molecule has 94 valence electrons. The van der Waals surface area contributed by atoms with E-state index in [1.807, 2.05) is 0 Å². The Labute approximate surface area is 120 Å². The van der Waals surface area contributed by atoms with Crippen molar-refractivity contribution in [3.05, 3.63) is 19.2 Å². The number of thiophene rings is 1. The maximum atomic E-state index is 11.8. The van der Waals surface area contributed by atoms with E-state index in [4.69, 9.17) is 5.11 Å². The summed E-state index contributed by atoms with van der Waals surface area (Å²) in [7, 11) is 0. The predicted octanol–water partition coefficient (Wildman–Crippen LogP) is 3.11. The number of aliphatic carboxylic acids is 1. The van der Waals surface area contributed by atoms with Gasteiger partial charge < -0.3 is 10.4 Å². The average molecular weight is 385 g/mol. The summed E-state index contributed by atoms with van der Waals surface area (Å²) >= 11 is 7.89. The molecule has 0 radical (unpaired) electrons. The Balaban J connectivity index is 2.69. The summed E-state index contributed by atoms with van der Waals surface area (Å²) in [6.07, 6.45) is 0. The van der Waals surface area contributed by atoms with E-state index < -0.39 is 17.9 Å². The summed E-state index contributed by atoms with van der Waals surface area (Å²) in [5.41, 5.74) is 0. The molecule has 0 bridgehead atoms. The van der Waals surface area contributed by atoms with Crippen molar-refractivity contribution >= 4 is 55.1 Å². The molecule has 2 unspecified atom stereocenters. The Hall–Kier alpha value is -0.400. The molecule has 1 rings (SSSR count). The van der Waals surface area contributed by atoms with Gasteiger partial charge in [-0.2, -0.15) is 0 Å². The van der Waals surface area contributed by atoms with Crippen molar-refractivity contribution in [2.24, 2.45) is 5.92 Å². The number of carbonyl (C=O) groups is 2. The fraction of sp³-hybridized carbons (Fsp3) is 0.400. The largest absolute Gasteiger partial charge is 0.481 e. The van der Waals surface area contributed by atoms with E-state index in [2.05, 4.69) is 37.2 Å². The van der Waals surface area contributed by atoms with Gasteiger partial charge in [0.15, 0.2) is 0 Å². The maximum Gasteiger partial charge on any atom is 0.308 e. The SMILES string of the molecule is CC(NC(=O)c1cc(Br)c(Br)s1)C(C)C(=O)O. The van der Waals surface area contributed by atoms with Gasteiger partial charge in [-0.05, 0) is 51.8 Å². The van der Waals surface area contributed by atoms with Gasteiger partial charge in [-0.1, -0.05) is 0 Å². The zero-order valence-corrected chi connectivity index (χ0v) is 13.1. The summed E-state index contributed by atoms with van der Waals surface area (Å²) in [6, 6.07) is 1.28. The number of hydrogen-bond donors (Lipinski definition) is 2. The van der Waals surface area contributed by atoms with Crippen LogP contribution in [0.2, 0.25) is 0 Å². The molecule has 0 aliphatic carbocycles. The lowest BCUT2D eigenvalue weighted by atomic mass is 10.0. The first-order valence-electron chi connectivity index (χ1n) is 4.81. The zero-order valence-electron chi connectivity index (χ0n) is 9.16. The van der Waals surface area contributed by atoms with Crippen LogP contribution < -0.4 is 5.32 Å². The summed E-state index contributed by atoms with van der Waals surface area (Å²) in [5, 5.41) is 11.5. The van der Waals surface area contributed by atoms with Crippen molar-refractivity contribution in [1.29, 1.82) is 0 Å². The van der Waals surface area contributed by atoms with Crippen LogP contribution in [0.1, 0.15) is 23.5 Å². The van der Waals surface area contributed by atoms with Crippen molar-refractivity contribution in [2.45, 2.75) is 19.9 Å². The van der Waals surface area contributed by atoms with Gasteiger partial charge in [0, 0.05) is 10.5 Å². The van der Waals surface area contributed by atoms with E-state index in [1.165, 1.54) is 11.3 Å². The third-order valence-corrected chi connectivity index (χ3v) is 5.62. The maximum absolute atomic E-state index is 11.8. The molecule has 1 aromatic heterocycles. The van der Waals surface area contributed by atoms with Crippen molar-refractivity contribution in [1.82, 2.24) is 5.32 Å². The van der Waals surface area contributed by atoms with E-state index in [0.29, 0.717) is 4.88 Å². The normalized spacial score (nSPS) is 14.1. The Kier molecular flexibility index (Phi) is 5.15. The molecule has 1 amide bonds. The lowest BCUT2D eigenvalue weighted by Crippen LogP contribution is -2.39. The third-order valence-electron chi connectivity index (χ3n) is 2.37. The highest BCUT2D eigenvalue weighted by Crippen LogP contribution is 2.32. The lowest BCUT2D eigenvalue weighted by Gasteiger charge is -2.16. The number of hydrogen-bond acceptors (Lipinski definition) is 3. The molecule has 1 aromatic rings. The van der Waals surface area contributed by atoms with Crippen molar-refractivity contribution < 1.29 is 14.7 Å². The van der Waals surface area contributed by atoms with Crippen molar-refractivity contribution in [3.63, 3.8) is 0 Å². The van der Waals surface area contributed by atoms with Gasteiger partial charge in [0.1, 0.15) is 0 Å². The molecule has 0 spiro atoms. The Morgan fingerprint density at radius 1 is 1.41 bits per heavy atom. The molecule has 0 aliphatic heterocycles. The molecular formula is C10H11Br2NO3S. The van der Waals surface area contributed by atoms with E-state index in [1.54, 1.807) is 19.9 Å². The minimum absolute atomic E-state index is 0.262. The molecular weight excluding hydrogens is 374 g/mol. The fourth-order valence-electron chi connectivity index (χ4n) is 1.08. The first-order chi connectivity index (χ1) is 7.82. The topological polar surface area (TPSA) is 66.4 Å². The number of carboxylic acids is 1. The van der Waals surface area contributed by atoms with Crippen molar-refractivity contribution in [3.8, 4) is 0 Å².